The number of rotatable bonds is 3. The van der Waals surface area contributed by atoms with E-state index in [2.05, 4.69) is 15.0 Å². The number of methoxy groups -OCH3 is 1. The number of halogens is 1. The maximum absolute atomic E-state index is 12.3. The number of esters is 1. The molecule has 2 heterocycles. The summed E-state index contributed by atoms with van der Waals surface area (Å²) in [5.74, 6) is -0.838. The van der Waals surface area contributed by atoms with Crippen LogP contribution in [0.1, 0.15) is 19.3 Å². The summed E-state index contributed by atoms with van der Waals surface area (Å²) in [5, 5.41) is 4.23. The summed E-state index contributed by atoms with van der Waals surface area (Å²) < 4.78 is 5.54. The van der Waals surface area contributed by atoms with Crippen molar-refractivity contribution in [2.24, 2.45) is 0 Å². The first-order chi connectivity index (χ1) is 10.6. The number of fused-ring (bicyclic) bond motifs is 1. The summed E-state index contributed by atoms with van der Waals surface area (Å²) in [5.41, 5.74) is 0. The Hall–Kier alpha value is -1.96. The first kappa shape index (κ1) is 15.0. The van der Waals surface area contributed by atoms with Crippen LogP contribution in [-0.2, 0) is 4.74 Å². The average molecular weight is 353 g/mol. The molecule has 0 aliphatic rings. The van der Waals surface area contributed by atoms with Gasteiger partial charge in [-0.05, 0) is 6.07 Å². The van der Waals surface area contributed by atoms with E-state index >= 15 is 0 Å². The van der Waals surface area contributed by atoms with E-state index in [9.17, 15) is 9.59 Å². The molecule has 3 rings (SSSR count). The van der Waals surface area contributed by atoms with Gasteiger partial charge in [-0.1, -0.05) is 41.1 Å². The van der Waals surface area contributed by atoms with Crippen LogP contribution in [0, 0.1) is 0 Å². The summed E-state index contributed by atoms with van der Waals surface area (Å²) >= 11 is 8.61. The Kier molecular flexibility index (Phi) is 4.10. The summed E-state index contributed by atoms with van der Waals surface area (Å²) in [6.07, 6.45) is 1.36. The van der Waals surface area contributed by atoms with Gasteiger partial charge in [0.2, 0.25) is 0 Å². The Morgan fingerprint density at radius 2 is 2.05 bits per heavy atom. The molecule has 22 heavy (non-hydrogen) atoms. The quantitative estimate of drug-likeness (QED) is 0.722. The normalized spacial score (nSPS) is 10.6. The highest BCUT2D eigenvalue weighted by Crippen LogP contribution is 2.35. The largest absolute Gasteiger partial charge is 0.465 e. The van der Waals surface area contributed by atoms with Crippen LogP contribution in [0.4, 0.5) is 5.13 Å². The van der Waals surface area contributed by atoms with Gasteiger partial charge in [0.1, 0.15) is 9.75 Å². The van der Waals surface area contributed by atoms with Crippen LogP contribution in [0.2, 0.25) is 5.02 Å². The standard InChI is InChI=1S/C14H9ClN2O3S2/c1-20-13(19)9-6-16-14(22-9)17-12(18)11-10(15)7-4-2-3-5-8(7)21-11/h2-6H,1H3,(H,16,17,18). The van der Waals surface area contributed by atoms with E-state index in [0.29, 0.717) is 19.9 Å². The Morgan fingerprint density at radius 3 is 2.77 bits per heavy atom. The van der Waals surface area contributed by atoms with E-state index in [4.69, 9.17) is 11.6 Å². The number of nitrogens with one attached hydrogen (secondary N) is 1. The molecule has 0 bridgehead atoms. The van der Waals surface area contributed by atoms with Crippen molar-refractivity contribution in [3.05, 3.63) is 45.2 Å². The van der Waals surface area contributed by atoms with Crippen molar-refractivity contribution in [1.82, 2.24) is 4.98 Å². The van der Waals surface area contributed by atoms with Crippen LogP contribution < -0.4 is 5.32 Å². The predicted octanol–water partition coefficient (Wildman–Crippen LogP) is 4.05. The third-order valence-electron chi connectivity index (χ3n) is 2.85. The van der Waals surface area contributed by atoms with Gasteiger partial charge in [0.25, 0.3) is 5.91 Å². The van der Waals surface area contributed by atoms with Gasteiger partial charge < -0.3 is 4.74 Å². The van der Waals surface area contributed by atoms with E-state index in [1.54, 1.807) is 0 Å². The molecule has 1 N–H and O–H groups in total. The molecule has 112 valence electrons. The molecular weight excluding hydrogens is 344 g/mol. The first-order valence-corrected chi connectivity index (χ1v) is 8.13. The third kappa shape index (κ3) is 2.70. The molecule has 0 fully saturated rings. The van der Waals surface area contributed by atoms with E-state index in [0.717, 1.165) is 21.4 Å². The van der Waals surface area contributed by atoms with Crippen molar-refractivity contribution < 1.29 is 14.3 Å². The second-order valence-corrected chi connectivity index (χ2v) is 6.68. The highest BCUT2D eigenvalue weighted by Gasteiger charge is 2.19. The number of hydrogen-bond donors (Lipinski definition) is 1. The number of amides is 1. The Labute approximate surface area is 138 Å². The minimum Gasteiger partial charge on any atom is -0.465 e. The van der Waals surface area contributed by atoms with Gasteiger partial charge in [-0.15, -0.1) is 11.3 Å². The van der Waals surface area contributed by atoms with Gasteiger partial charge in [-0.3, -0.25) is 10.1 Å². The maximum atomic E-state index is 12.3. The second kappa shape index (κ2) is 6.04. The van der Waals surface area contributed by atoms with E-state index in [1.807, 2.05) is 24.3 Å². The zero-order chi connectivity index (χ0) is 15.7. The molecule has 5 nitrogen and oxygen atoms in total. The summed E-state index contributed by atoms with van der Waals surface area (Å²) in [6, 6.07) is 7.53. The number of nitrogens with zero attached hydrogens (tertiary/aromatic N) is 1. The van der Waals surface area contributed by atoms with Crippen LogP contribution >= 0.6 is 34.3 Å². The molecule has 0 atom stereocenters. The molecule has 0 saturated carbocycles. The number of thiazole rings is 1. The molecule has 8 heteroatoms. The molecule has 1 amide bonds. The molecule has 0 spiro atoms. The van der Waals surface area contributed by atoms with Crippen LogP contribution in [-0.4, -0.2) is 24.0 Å². The lowest BCUT2D eigenvalue weighted by Gasteiger charge is -1.99. The maximum Gasteiger partial charge on any atom is 0.349 e. The number of carbonyl (C=O) groups excluding carboxylic acids is 2. The smallest absolute Gasteiger partial charge is 0.349 e. The number of anilines is 1. The van der Waals surface area contributed by atoms with E-state index < -0.39 is 5.97 Å². The van der Waals surface area contributed by atoms with Crippen LogP contribution in [0.25, 0.3) is 10.1 Å². The Bertz CT molecular complexity index is 872. The predicted molar refractivity (Wildman–Crippen MR) is 88.2 cm³/mol. The molecule has 3 aromatic rings. The van der Waals surface area contributed by atoms with Crippen LogP contribution in [0.15, 0.2) is 30.5 Å². The van der Waals surface area contributed by atoms with Crippen LogP contribution in [0.3, 0.4) is 0 Å². The number of carbonyl (C=O) groups is 2. The van der Waals surface area contributed by atoms with E-state index in [-0.39, 0.29) is 5.91 Å². The van der Waals surface area contributed by atoms with Crippen LogP contribution in [0.5, 0.6) is 0 Å². The lowest BCUT2D eigenvalue weighted by Crippen LogP contribution is -2.10. The van der Waals surface area contributed by atoms with Crippen molar-refractivity contribution in [2.75, 3.05) is 12.4 Å². The number of aromatic nitrogens is 1. The molecule has 0 aliphatic carbocycles. The fourth-order valence-electron chi connectivity index (χ4n) is 1.84. The fourth-order valence-corrected chi connectivity index (χ4v) is 3.98. The topological polar surface area (TPSA) is 68.3 Å². The average Bonchev–Trinajstić information content (AvgIpc) is 3.12. The van der Waals surface area contributed by atoms with Crippen molar-refractivity contribution in [1.29, 1.82) is 0 Å². The molecule has 0 radical (unpaired) electrons. The molecule has 0 aliphatic heterocycles. The lowest BCUT2D eigenvalue weighted by atomic mass is 10.2. The van der Waals surface area contributed by atoms with Crippen molar-refractivity contribution in [2.45, 2.75) is 0 Å². The van der Waals surface area contributed by atoms with Gasteiger partial charge in [0.05, 0.1) is 18.3 Å². The minimum absolute atomic E-state index is 0.318. The third-order valence-corrected chi connectivity index (χ3v) is 5.42. The van der Waals surface area contributed by atoms with Crippen molar-refractivity contribution in [3.63, 3.8) is 0 Å². The zero-order valence-electron chi connectivity index (χ0n) is 11.3. The first-order valence-electron chi connectivity index (χ1n) is 6.12. The summed E-state index contributed by atoms with van der Waals surface area (Å²) in [4.78, 5) is 28.4. The molecule has 1 aromatic carbocycles. The highest BCUT2D eigenvalue weighted by molar-refractivity contribution is 7.22. The van der Waals surface area contributed by atoms with Gasteiger partial charge in [-0.2, -0.15) is 0 Å². The van der Waals surface area contributed by atoms with Gasteiger partial charge in [0.15, 0.2) is 5.13 Å². The lowest BCUT2D eigenvalue weighted by molar-refractivity contribution is 0.0606. The summed E-state index contributed by atoms with van der Waals surface area (Å²) in [6.45, 7) is 0. The zero-order valence-corrected chi connectivity index (χ0v) is 13.6. The molecular formula is C14H9ClN2O3S2. The van der Waals surface area contributed by atoms with Crippen molar-refractivity contribution >= 4 is 61.4 Å². The number of ether oxygens (including phenoxy) is 1. The summed E-state index contributed by atoms with van der Waals surface area (Å²) in [7, 11) is 1.29. The molecule has 0 saturated heterocycles. The number of hydrogen-bond acceptors (Lipinski definition) is 6. The highest BCUT2D eigenvalue weighted by atomic mass is 35.5. The van der Waals surface area contributed by atoms with E-state index in [1.165, 1.54) is 24.6 Å². The SMILES string of the molecule is COC(=O)c1cnc(NC(=O)c2sc3ccccc3c2Cl)s1. The fraction of sp³-hybridized carbons (Fsp3) is 0.0714. The second-order valence-electron chi connectivity index (χ2n) is 4.22. The molecule has 2 aromatic heterocycles. The Balaban J connectivity index is 1.85. The minimum atomic E-state index is -0.488. The number of thiophene rings is 1. The number of benzene rings is 1. The molecule has 0 unspecified atom stereocenters. The Morgan fingerprint density at radius 1 is 1.27 bits per heavy atom. The van der Waals surface area contributed by atoms with Gasteiger partial charge in [0, 0.05) is 10.1 Å². The van der Waals surface area contributed by atoms with Gasteiger partial charge >= 0.3 is 5.97 Å². The van der Waals surface area contributed by atoms with Crippen molar-refractivity contribution in [3.8, 4) is 0 Å². The van der Waals surface area contributed by atoms with Gasteiger partial charge in [-0.25, -0.2) is 9.78 Å². The monoisotopic (exact) mass is 352 g/mol.